The number of carbonyl (C=O) groups is 3. The summed E-state index contributed by atoms with van der Waals surface area (Å²) in [5, 5.41) is 17.8. The van der Waals surface area contributed by atoms with Crippen molar-refractivity contribution in [2.45, 2.75) is 13.0 Å². The van der Waals surface area contributed by atoms with Gasteiger partial charge >= 0.3 is 11.9 Å². The van der Waals surface area contributed by atoms with Crippen LogP contribution in [0.3, 0.4) is 0 Å². The highest BCUT2D eigenvalue weighted by Gasteiger charge is 2.38. The van der Waals surface area contributed by atoms with Crippen LogP contribution < -0.4 is 4.74 Å². The molecule has 1 fully saturated rings. The smallest absolute Gasteiger partial charge is 0.341 e. The molecular weight excluding hydrogens is 354 g/mol. The van der Waals surface area contributed by atoms with Crippen molar-refractivity contribution in [3.63, 3.8) is 0 Å². The van der Waals surface area contributed by atoms with Gasteiger partial charge in [-0.05, 0) is 19.1 Å². The number of ether oxygens (including phenoxy) is 1. The lowest BCUT2D eigenvalue weighted by atomic mass is 10.2. The molecule has 9 heteroatoms. The lowest BCUT2D eigenvalue weighted by Crippen LogP contribution is -2.41. The molecule has 1 aliphatic rings. The molecule has 1 aromatic carbocycles. The molecule has 24 heavy (non-hydrogen) atoms. The lowest BCUT2D eigenvalue weighted by Gasteiger charge is -2.18. The average Bonchev–Trinajstić information content (AvgIpc) is 2.79. The molecule has 1 heterocycles. The van der Waals surface area contributed by atoms with Crippen molar-refractivity contribution in [3.05, 3.63) is 34.7 Å². The maximum atomic E-state index is 12.4. The largest absolute Gasteiger partial charge is 0.481 e. The fraction of sp³-hybridized carbons (Fsp3) is 0.200. The molecule has 0 aromatic heterocycles. The van der Waals surface area contributed by atoms with Gasteiger partial charge in [-0.3, -0.25) is 9.69 Å². The number of para-hydroxylation sites is 1. The van der Waals surface area contributed by atoms with E-state index >= 15 is 0 Å². The Morgan fingerprint density at radius 3 is 2.67 bits per heavy atom. The minimum Gasteiger partial charge on any atom is -0.481 e. The monoisotopic (exact) mass is 367 g/mol. The van der Waals surface area contributed by atoms with E-state index in [1.165, 1.54) is 13.0 Å². The summed E-state index contributed by atoms with van der Waals surface area (Å²) in [7, 11) is 0. The van der Waals surface area contributed by atoms with Gasteiger partial charge < -0.3 is 14.9 Å². The first kappa shape index (κ1) is 18.0. The molecule has 1 saturated heterocycles. The van der Waals surface area contributed by atoms with E-state index < -0.39 is 30.5 Å². The fourth-order valence-corrected chi connectivity index (χ4v) is 3.35. The molecule has 0 saturated carbocycles. The third kappa shape index (κ3) is 3.92. The van der Waals surface area contributed by atoms with Crippen molar-refractivity contribution in [3.8, 4) is 5.75 Å². The van der Waals surface area contributed by atoms with Crippen LogP contribution in [0, 0.1) is 0 Å². The van der Waals surface area contributed by atoms with E-state index in [9.17, 15) is 14.4 Å². The zero-order valence-electron chi connectivity index (χ0n) is 12.5. The lowest BCUT2D eigenvalue weighted by molar-refractivity contribution is -0.144. The number of carbonyl (C=O) groups excluding carboxylic acids is 1. The van der Waals surface area contributed by atoms with Gasteiger partial charge in [-0.25, -0.2) is 9.59 Å². The van der Waals surface area contributed by atoms with E-state index in [1.54, 1.807) is 24.3 Å². The number of hydrogen-bond donors (Lipinski definition) is 2. The summed E-state index contributed by atoms with van der Waals surface area (Å²) in [6.45, 7) is 0.863. The molecule has 1 amide bonds. The summed E-state index contributed by atoms with van der Waals surface area (Å²) in [5.41, 5.74) is 0.502. The molecule has 7 nitrogen and oxygen atoms in total. The van der Waals surface area contributed by atoms with Gasteiger partial charge in [-0.15, -0.1) is 0 Å². The van der Waals surface area contributed by atoms with Crippen LogP contribution in [0.15, 0.2) is 29.2 Å². The highest BCUT2D eigenvalue weighted by Crippen LogP contribution is 2.35. The Morgan fingerprint density at radius 2 is 2.04 bits per heavy atom. The summed E-state index contributed by atoms with van der Waals surface area (Å²) in [6, 6.07) is 5.55. The Kier molecular flexibility index (Phi) is 5.58. The van der Waals surface area contributed by atoms with Crippen molar-refractivity contribution < 1.29 is 29.3 Å². The molecule has 1 aliphatic heterocycles. The molecule has 126 valence electrons. The number of aliphatic carboxylic acids is 2. The quantitative estimate of drug-likeness (QED) is 0.580. The number of benzene rings is 1. The fourth-order valence-electron chi connectivity index (χ4n) is 1.94. The van der Waals surface area contributed by atoms with Gasteiger partial charge in [0.25, 0.3) is 5.91 Å². The van der Waals surface area contributed by atoms with E-state index in [0.717, 1.165) is 16.7 Å². The first-order chi connectivity index (χ1) is 11.3. The van der Waals surface area contributed by atoms with Crippen LogP contribution >= 0.6 is 24.0 Å². The van der Waals surface area contributed by atoms with Crippen molar-refractivity contribution in [1.29, 1.82) is 0 Å². The number of thioether (sulfide) groups is 1. The number of carboxylic acid groups (broad SMARTS) is 2. The number of nitrogens with zero attached hydrogens (tertiary/aromatic N) is 1. The van der Waals surface area contributed by atoms with Crippen molar-refractivity contribution in [1.82, 2.24) is 4.90 Å². The van der Waals surface area contributed by atoms with Crippen LogP contribution in [-0.4, -0.2) is 49.9 Å². The molecule has 0 aliphatic carbocycles. The molecule has 0 spiro atoms. The summed E-state index contributed by atoms with van der Waals surface area (Å²) in [6.07, 6.45) is 1.51. The van der Waals surface area contributed by atoms with Crippen LogP contribution in [0.1, 0.15) is 12.5 Å². The average molecular weight is 367 g/mol. The predicted octanol–water partition coefficient (Wildman–Crippen LogP) is 1.82. The third-order valence-electron chi connectivity index (χ3n) is 3.12. The summed E-state index contributed by atoms with van der Waals surface area (Å²) in [5.74, 6) is -2.48. The van der Waals surface area contributed by atoms with E-state index in [0.29, 0.717) is 11.3 Å². The number of hydrogen-bond acceptors (Lipinski definition) is 6. The molecule has 2 N–H and O–H groups in total. The van der Waals surface area contributed by atoms with Crippen molar-refractivity contribution >= 4 is 52.2 Å². The van der Waals surface area contributed by atoms with Gasteiger partial charge in [0.2, 0.25) is 0 Å². The SMILES string of the molecule is CC(C(=O)O)N1C(=O)C(=Cc2ccccc2OCC(=O)O)SC1=S. The van der Waals surface area contributed by atoms with Gasteiger partial charge in [0.05, 0.1) is 4.91 Å². The Morgan fingerprint density at radius 1 is 1.38 bits per heavy atom. The first-order valence-electron chi connectivity index (χ1n) is 6.74. The summed E-state index contributed by atoms with van der Waals surface area (Å²) < 4.78 is 5.34. The zero-order chi connectivity index (χ0) is 17.9. The second-order valence-electron chi connectivity index (χ2n) is 4.79. The van der Waals surface area contributed by atoms with Crippen LogP contribution in [0.4, 0.5) is 0 Å². The molecule has 0 bridgehead atoms. The van der Waals surface area contributed by atoms with Gasteiger partial charge in [-0.2, -0.15) is 0 Å². The van der Waals surface area contributed by atoms with Gasteiger partial charge in [0.15, 0.2) is 6.61 Å². The molecule has 1 aromatic rings. The van der Waals surface area contributed by atoms with Crippen LogP contribution in [-0.2, 0) is 14.4 Å². The third-order valence-corrected chi connectivity index (χ3v) is 4.46. The zero-order valence-corrected chi connectivity index (χ0v) is 14.1. The minimum absolute atomic E-state index is 0.157. The normalized spacial score (nSPS) is 17.2. The predicted molar refractivity (Wildman–Crippen MR) is 91.7 cm³/mol. The second-order valence-corrected chi connectivity index (χ2v) is 6.46. The standard InChI is InChI=1S/C15H13NO6S2/c1-8(14(20)21)16-13(19)11(24-15(16)23)6-9-4-2-3-5-10(9)22-7-12(17)18/h2-6,8H,7H2,1H3,(H,17,18)(H,20,21). The summed E-state index contributed by atoms with van der Waals surface area (Å²) in [4.78, 5) is 35.4. The van der Waals surface area contributed by atoms with Crippen LogP contribution in [0.25, 0.3) is 6.08 Å². The van der Waals surface area contributed by atoms with Crippen LogP contribution in [0.2, 0.25) is 0 Å². The molecule has 1 atom stereocenters. The first-order valence-corrected chi connectivity index (χ1v) is 7.97. The molecular formula is C15H13NO6S2. The number of rotatable bonds is 6. The Balaban J connectivity index is 2.29. The maximum Gasteiger partial charge on any atom is 0.341 e. The van der Waals surface area contributed by atoms with Crippen molar-refractivity contribution in [2.24, 2.45) is 0 Å². The number of carboxylic acids is 2. The van der Waals surface area contributed by atoms with E-state index in [2.05, 4.69) is 0 Å². The second kappa shape index (κ2) is 7.45. The molecule has 1 unspecified atom stereocenters. The van der Waals surface area contributed by atoms with Gasteiger partial charge in [0.1, 0.15) is 16.1 Å². The Bertz CT molecular complexity index is 745. The highest BCUT2D eigenvalue weighted by atomic mass is 32.2. The molecule has 2 rings (SSSR count). The van der Waals surface area contributed by atoms with E-state index in [4.69, 9.17) is 27.2 Å². The van der Waals surface area contributed by atoms with E-state index in [1.807, 2.05) is 0 Å². The van der Waals surface area contributed by atoms with Gasteiger partial charge in [0, 0.05) is 5.56 Å². The minimum atomic E-state index is -1.15. The van der Waals surface area contributed by atoms with E-state index in [-0.39, 0.29) is 9.23 Å². The Labute approximate surface area is 146 Å². The number of thiocarbonyl (C=S) groups is 1. The topological polar surface area (TPSA) is 104 Å². The highest BCUT2D eigenvalue weighted by molar-refractivity contribution is 8.26. The number of amides is 1. The molecule has 0 radical (unpaired) electrons. The van der Waals surface area contributed by atoms with Crippen LogP contribution in [0.5, 0.6) is 5.75 Å². The van der Waals surface area contributed by atoms with Crippen molar-refractivity contribution in [2.75, 3.05) is 6.61 Å². The van der Waals surface area contributed by atoms with Gasteiger partial charge in [-0.1, -0.05) is 42.2 Å². The maximum absolute atomic E-state index is 12.4. The Hall–Kier alpha value is -2.39. The summed E-state index contributed by atoms with van der Waals surface area (Å²) >= 11 is 6.07.